The molecule has 0 aliphatic heterocycles. The fraction of sp³-hybridized carbons (Fsp3) is 0.143. The predicted octanol–water partition coefficient (Wildman–Crippen LogP) is 4.36. The Hall–Kier alpha value is -1.81. The lowest BCUT2D eigenvalue weighted by atomic mass is 10.2. The summed E-state index contributed by atoms with van der Waals surface area (Å²) in [5, 5.41) is 10.6. The SMILES string of the molecule is Cc1ccc(Sc2ccc([N+](=O)[O-])cc2)c(C)c1. The molecule has 0 N–H and O–H groups in total. The van der Waals surface area contributed by atoms with Gasteiger partial charge in [-0.2, -0.15) is 0 Å². The minimum Gasteiger partial charge on any atom is -0.258 e. The van der Waals surface area contributed by atoms with Crippen molar-refractivity contribution in [1.82, 2.24) is 0 Å². The van der Waals surface area contributed by atoms with Crippen LogP contribution in [0.3, 0.4) is 0 Å². The summed E-state index contributed by atoms with van der Waals surface area (Å²) in [6.45, 7) is 4.13. The molecule has 2 aromatic rings. The summed E-state index contributed by atoms with van der Waals surface area (Å²) in [4.78, 5) is 12.4. The van der Waals surface area contributed by atoms with Crippen molar-refractivity contribution in [3.8, 4) is 0 Å². The molecule has 0 unspecified atom stereocenters. The fourth-order valence-electron chi connectivity index (χ4n) is 1.68. The second-order valence-electron chi connectivity index (χ2n) is 4.12. The number of nitrogens with zero attached hydrogens (tertiary/aromatic N) is 1. The Morgan fingerprint density at radius 2 is 1.72 bits per heavy atom. The highest BCUT2D eigenvalue weighted by Gasteiger charge is 2.06. The summed E-state index contributed by atoms with van der Waals surface area (Å²) < 4.78 is 0. The topological polar surface area (TPSA) is 43.1 Å². The molecule has 2 aromatic carbocycles. The van der Waals surface area contributed by atoms with Gasteiger partial charge in [0.25, 0.3) is 5.69 Å². The first kappa shape index (κ1) is 12.6. The highest BCUT2D eigenvalue weighted by molar-refractivity contribution is 7.99. The van der Waals surface area contributed by atoms with E-state index in [1.165, 1.54) is 28.2 Å². The molecule has 0 fully saturated rings. The average molecular weight is 259 g/mol. The number of hydrogen-bond acceptors (Lipinski definition) is 3. The quantitative estimate of drug-likeness (QED) is 0.607. The van der Waals surface area contributed by atoms with Gasteiger partial charge in [-0.25, -0.2) is 0 Å². The largest absolute Gasteiger partial charge is 0.269 e. The van der Waals surface area contributed by atoms with Crippen LogP contribution in [-0.4, -0.2) is 4.92 Å². The van der Waals surface area contributed by atoms with Gasteiger partial charge < -0.3 is 0 Å². The molecule has 92 valence electrons. The molecule has 0 aliphatic rings. The lowest BCUT2D eigenvalue weighted by molar-refractivity contribution is -0.384. The molecule has 0 aromatic heterocycles. The summed E-state index contributed by atoms with van der Waals surface area (Å²) in [6.07, 6.45) is 0. The van der Waals surface area contributed by atoms with Gasteiger partial charge >= 0.3 is 0 Å². The smallest absolute Gasteiger partial charge is 0.258 e. The Balaban J connectivity index is 2.21. The third-order valence-corrected chi connectivity index (χ3v) is 3.79. The van der Waals surface area contributed by atoms with Crippen LogP contribution in [0.1, 0.15) is 11.1 Å². The molecule has 4 heteroatoms. The molecule has 0 atom stereocenters. The van der Waals surface area contributed by atoms with Crippen LogP contribution >= 0.6 is 11.8 Å². The third-order valence-electron chi connectivity index (χ3n) is 2.61. The maximum atomic E-state index is 10.6. The van der Waals surface area contributed by atoms with Crippen molar-refractivity contribution in [1.29, 1.82) is 0 Å². The highest BCUT2D eigenvalue weighted by Crippen LogP contribution is 2.31. The molecule has 18 heavy (non-hydrogen) atoms. The number of aryl methyl sites for hydroxylation is 2. The number of hydrogen-bond donors (Lipinski definition) is 0. The number of nitro benzene ring substituents is 1. The average Bonchev–Trinajstić information content (AvgIpc) is 2.33. The standard InChI is InChI=1S/C14H13NO2S/c1-10-3-8-14(11(2)9-10)18-13-6-4-12(5-7-13)15(16)17/h3-9H,1-2H3. The normalized spacial score (nSPS) is 10.3. The van der Waals surface area contributed by atoms with Crippen LogP contribution in [0.15, 0.2) is 52.3 Å². The molecule has 0 amide bonds. The van der Waals surface area contributed by atoms with Crippen molar-refractivity contribution >= 4 is 17.4 Å². The Labute approximate surface area is 110 Å². The van der Waals surface area contributed by atoms with E-state index in [0.717, 1.165) is 4.90 Å². The second kappa shape index (κ2) is 5.23. The van der Waals surface area contributed by atoms with Gasteiger partial charge in [-0.05, 0) is 37.6 Å². The van der Waals surface area contributed by atoms with Crippen LogP contribution in [0.4, 0.5) is 5.69 Å². The summed E-state index contributed by atoms with van der Waals surface area (Å²) >= 11 is 1.62. The van der Waals surface area contributed by atoms with Gasteiger partial charge in [0.15, 0.2) is 0 Å². The number of rotatable bonds is 3. The predicted molar refractivity (Wildman–Crippen MR) is 73.1 cm³/mol. The van der Waals surface area contributed by atoms with E-state index in [-0.39, 0.29) is 10.6 Å². The number of benzene rings is 2. The van der Waals surface area contributed by atoms with Gasteiger partial charge in [-0.3, -0.25) is 10.1 Å². The van der Waals surface area contributed by atoms with E-state index in [1.54, 1.807) is 23.9 Å². The summed E-state index contributed by atoms with van der Waals surface area (Å²) in [5.41, 5.74) is 2.58. The summed E-state index contributed by atoms with van der Waals surface area (Å²) in [7, 11) is 0. The van der Waals surface area contributed by atoms with Crippen LogP contribution in [-0.2, 0) is 0 Å². The van der Waals surface area contributed by atoms with E-state index >= 15 is 0 Å². The Morgan fingerprint density at radius 3 is 2.28 bits per heavy atom. The zero-order chi connectivity index (χ0) is 13.1. The highest BCUT2D eigenvalue weighted by atomic mass is 32.2. The number of nitro groups is 1. The molecule has 0 heterocycles. The molecular weight excluding hydrogens is 246 g/mol. The van der Waals surface area contributed by atoms with Crippen molar-refractivity contribution < 1.29 is 4.92 Å². The van der Waals surface area contributed by atoms with E-state index in [9.17, 15) is 10.1 Å². The molecule has 0 spiro atoms. The first-order valence-corrected chi connectivity index (χ1v) is 6.37. The molecule has 0 radical (unpaired) electrons. The molecule has 0 saturated carbocycles. The van der Waals surface area contributed by atoms with Crippen LogP contribution in [0.2, 0.25) is 0 Å². The van der Waals surface area contributed by atoms with E-state index < -0.39 is 0 Å². The molecule has 0 aliphatic carbocycles. The van der Waals surface area contributed by atoms with Gasteiger partial charge in [-0.15, -0.1) is 0 Å². The molecule has 0 bridgehead atoms. The van der Waals surface area contributed by atoms with Gasteiger partial charge in [0, 0.05) is 21.9 Å². The van der Waals surface area contributed by atoms with E-state index in [4.69, 9.17) is 0 Å². The molecule has 0 saturated heterocycles. The maximum Gasteiger partial charge on any atom is 0.269 e. The first-order valence-electron chi connectivity index (χ1n) is 5.56. The first-order chi connectivity index (χ1) is 8.56. The lowest BCUT2D eigenvalue weighted by Gasteiger charge is -2.06. The molecular formula is C14H13NO2S. The zero-order valence-corrected chi connectivity index (χ0v) is 11.0. The van der Waals surface area contributed by atoms with Crippen molar-refractivity contribution in [3.63, 3.8) is 0 Å². The van der Waals surface area contributed by atoms with Crippen molar-refractivity contribution in [3.05, 3.63) is 63.7 Å². The van der Waals surface area contributed by atoms with E-state index in [2.05, 4.69) is 32.0 Å². The van der Waals surface area contributed by atoms with Crippen molar-refractivity contribution in [2.75, 3.05) is 0 Å². The van der Waals surface area contributed by atoms with Gasteiger partial charge in [0.2, 0.25) is 0 Å². The summed E-state index contributed by atoms with van der Waals surface area (Å²) in [6, 6.07) is 12.9. The van der Waals surface area contributed by atoms with Gasteiger partial charge in [0.1, 0.15) is 0 Å². The van der Waals surface area contributed by atoms with Crippen molar-refractivity contribution in [2.24, 2.45) is 0 Å². The Morgan fingerprint density at radius 1 is 1.06 bits per heavy atom. The zero-order valence-electron chi connectivity index (χ0n) is 10.2. The van der Waals surface area contributed by atoms with Crippen molar-refractivity contribution in [2.45, 2.75) is 23.6 Å². The molecule has 2 rings (SSSR count). The lowest BCUT2D eigenvalue weighted by Crippen LogP contribution is -1.87. The van der Waals surface area contributed by atoms with Crippen LogP contribution < -0.4 is 0 Å². The minimum absolute atomic E-state index is 0.125. The minimum atomic E-state index is -0.383. The fourth-order valence-corrected chi connectivity index (χ4v) is 2.56. The molecule has 3 nitrogen and oxygen atoms in total. The Bertz CT molecular complexity index is 579. The van der Waals surface area contributed by atoms with Gasteiger partial charge in [0.05, 0.1) is 4.92 Å². The summed E-state index contributed by atoms with van der Waals surface area (Å²) in [5.74, 6) is 0. The third kappa shape index (κ3) is 2.90. The van der Waals surface area contributed by atoms with E-state index in [0.29, 0.717) is 0 Å². The van der Waals surface area contributed by atoms with Gasteiger partial charge in [-0.1, -0.05) is 29.5 Å². The van der Waals surface area contributed by atoms with Crippen LogP contribution in [0.5, 0.6) is 0 Å². The van der Waals surface area contributed by atoms with Crippen LogP contribution in [0.25, 0.3) is 0 Å². The number of non-ortho nitro benzene ring substituents is 1. The maximum absolute atomic E-state index is 10.6. The van der Waals surface area contributed by atoms with Crippen LogP contribution in [0, 0.1) is 24.0 Å². The monoisotopic (exact) mass is 259 g/mol. The Kier molecular flexibility index (Phi) is 3.67. The van der Waals surface area contributed by atoms with E-state index in [1.807, 2.05) is 0 Å². The second-order valence-corrected chi connectivity index (χ2v) is 5.24.